The second-order valence-electron chi connectivity index (χ2n) is 10.7. The fourth-order valence-corrected chi connectivity index (χ4v) is 4.22. The minimum Gasteiger partial charge on any atom is -0.298 e. The lowest BCUT2D eigenvalue weighted by Gasteiger charge is -2.39. The Balaban J connectivity index is 2.39. The Bertz CT molecular complexity index is 773. The second kappa shape index (κ2) is 16.8. The van der Waals surface area contributed by atoms with E-state index in [1.807, 2.05) is 0 Å². The number of hydrogen-bond donors (Lipinski definition) is 0. The highest BCUT2D eigenvalue weighted by Crippen LogP contribution is 2.15. The number of carbonyl (C=O) groups is 1. The molecule has 3 nitrogen and oxygen atoms in total. The van der Waals surface area contributed by atoms with E-state index in [0.29, 0.717) is 0 Å². The van der Waals surface area contributed by atoms with Gasteiger partial charge in [-0.2, -0.15) is 0 Å². The maximum atomic E-state index is 12.2. The number of rotatable bonds is 14. The van der Waals surface area contributed by atoms with Crippen molar-refractivity contribution < 1.29 is 4.79 Å². The Morgan fingerprint density at radius 2 is 1.15 bits per heavy atom. The molecule has 0 spiro atoms. The monoisotopic (exact) mass is 468 g/mol. The van der Waals surface area contributed by atoms with Gasteiger partial charge in [0.1, 0.15) is 5.78 Å². The predicted octanol–water partition coefficient (Wildman–Crippen LogP) is 7.67. The van der Waals surface area contributed by atoms with Gasteiger partial charge in [0.2, 0.25) is 0 Å². The van der Waals surface area contributed by atoms with Crippen LogP contribution in [0.4, 0.5) is 0 Å². The van der Waals surface area contributed by atoms with Crippen LogP contribution in [0.1, 0.15) is 93.9 Å². The molecule has 1 saturated heterocycles. The zero-order valence-electron chi connectivity index (χ0n) is 23.5. The van der Waals surface area contributed by atoms with Gasteiger partial charge < -0.3 is 0 Å². The maximum absolute atomic E-state index is 12.2. The van der Waals surface area contributed by atoms with Crippen LogP contribution in [-0.2, 0) is 4.79 Å². The smallest absolute Gasteiger partial charge is 0.148 e. The summed E-state index contributed by atoms with van der Waals surface area (Å²) in [7, 11) is 0. The third-order valence-corrected chi connectivity index (χ3v) is 6.63. The van der Waals surface area contributed by atoms with Crippen LogP contribution in [0.25, 0.3) is 0 Å². The molecule has 0 aromatic heterocycles. The summed E-state index contributed by atoms with van der Waals surface area (Å²) in [5.74, 6) is 0.283. The number of Topliss-reactive ketones (excluding diaryl/α,β-unsaturated/α-hetero) is 1. The number of nitrogens with zero attached hydrogens (tertiary/aromatic N) is 2. The number of piperazine rings is 1. The van der Waals surface area contributed by atoms with Crippen molar-refractivity contribution in [3.8, 4) is 0 Å². The Morgan fingerprint density at radius 1 is 0.647 bits per heavy atom. The van der Waals surface area contributed by atoms with Crippen LogP contribution < -0.4 is 0 Å². The van der Waals surface area contributed by atoms with Gasteiger partial charge in [-0.15, -0.1) is 0 Å². The molecule has 192 valence electrons. The summed E-state index contributed by atoms with van der Waals surface area (Å²) >= 11 is 0. The molecular weight excluding hydrogens is 416 g/mol. The van der Waals surface area contributed by atoms with Crippen molar-refractivity contribution in [1.29, 1.82) is 0 Å². The fourth-order valence-electron chi connectivity index (χ4n) is 4.22. The minimum absolute atomic E-state index is 0.0218. The maximum Gasteiger partial charge on any atom is 0.148 e. The summed E-state index contributed by atoms with van der Waals surface area (Å²) in [6, 6.07) is 0.0218. The Kier molecular flexibility index (Phi) is 15.0. The summed E-state index contributed by atoms with van der Waals surface area (Å²) in [6.45, 7) is 21.8. The molecule has 1 rings (SSSR count). The van der Waals surface area contributed by atoms with Crippen LogP contribution in [0.5, 0.6) is 0 Å². The molecule has 0 N–H and O–H groups in total. The molecule has 1 atom stereocenters. The largest absolute Gasteiger partial charge is 0.298 e. The molecule has 1 heterocycles. The fraction of sp³-hybridized carbons (Fsp3) is 0.645. The van der Waals surface area contributed by atoms with Crippen molar-refractivity contribution in [1.82, 2.24) is 9.80 Å². The van der Waals surface area contributed by atoms with E-state index in [1.165, 1.54) is 34.3 Å². The molecule has 0 bridgehead atoms. The van der Waals surface area contributed by atoms with Crippen LogP contribution in [0.3, 0.4) is 0 Å². The summed E-state index contributed by atoms with van der Waals surface area (Å²) in [5.41, 5.74) is 7.18. The van der Waals surface area contributed by atoms with E-state index >= 15 is 0 Å². The summed E-state index contributed by atoms with van der Waals surface area (Å²) in [5, 5.41) is 0. The van der Waals surface area contributed by atoms with Gasteiger partial charge in [-0.3, -0.25) is 14.6 Å². The first-order chi connectivity index (χ1) is 16.1. The van der Waals surface area contributed by atoms with Crippen molar-refractivity contribution >= 4 is 5.78 Å². The van der Waals surface area contributed by atoms with Crippen LogP contribution >= 0.6 is 0 Å². The van der Waals surface area contributed by atoms with Gasteiger partial charge in [0.05, 0.1) is 6.04 Å². The summed E-state index contributed by atoms with van der Waals surface area (Å²) in [4.78, 5) is 17.0. The first-order valence-corrected chi connectivity index (χ1v) is 13.3. The molecule has 0 saturated carbocycles. The number of carbonyl (C=O) groups excluding carboxylic acids is 1. The van der Waals surface area contributed by atoms with Crippen molar-refractivity contribution in [2.75, 3.05) is 32.7 Å². The molecule has 1 fully saturated rings. The second-order valence-corrected chi connectivity index (χ2v) is 10.7. The van der Waals surface area contributed by atoms with E-state index in [0.717, 1.165) is 64.8 Å². The molecule has 0 aliphatic carbocycles. The zero-order chi connectivity index (χ0) is 25.5. The van der Waals surface area contributed by atoms with Gasteiger partial charge in [-0.1, -0.05) is 58.2 Å². The minimum atomic E-state index is 0.0218. The highest BCUT2D eigenvalue weighted by molar-refractivity contribution is 5.81. The molecule has 34 heavy (non-hydrogen) atoms. The average molecular weight is 469 g/mol. The van der Waals surface area contributed by atoms with Crippen LogP contribution in [0.15, 0.2) is 58.2 Å². The Hall–Kier alpha value is -1.71. The molecule has 3 heteroatoms. The topological polar surface area (TPSA) is 23.6 Å². The molecule has 1 unspecified atom stereocenters. The van der Waals surface area contributed by atoms with E-state index in [2.05, 4.69) is 88.6 Å². The van der Waals surface area contributed by atoms with E-state index in [4.69, 9.17) is 0 Å². The summed E-state index contributed by atoms with van der Waals surface area (Å²) in [6.07, 6.45) is 18.6. The molecule has 0 radical (unpaired) electrons. The molecule has 0 aromatic rings. The van der Waals surface area contributed by atoms with Gasteiger partial charge in [-0.05, 0) is 93.9 Å². The highest BCUT2D eigenvalue weighted by Gasteiger charge is 2.28. The Morgan fingerprint density at radius 3 is 1.65 bits per heavy atom. The molecule has 1 aliphatic heterocycles. The van der Waals surface area contributed by atoms with Crippen molar-refractivity contribution in [3.63, 3.8) is 0 Å². The Labute approximate surface area is 211 Å². The van der Waals surface area contributed by atoms with E-state index in [1.54, 1.807) is 6.92 Å². The molecule has 0 amide bonds. The van der Waals surface area contributed by atoms with E-state index in [9.17, 15) is 4.79 Å². The number of ketones is 1. The lowest BCUT2D eigenvalue weighted by Crippen LogP contribution is -2.55. The molecule has 1 aliphatic rings. The van der Waals surface area contributed by atoms with Crippen molar-refractivity contribution in [2.45, 2.75) is 100.0 Å². The van der Waals surface area contributed by atoms with Gasteiger partial charge in [0.15, 0.2) is 0 Å². The number of hydrogen-bond acceptors (Lipinski definition) is 3. The third-order valence-electron chi connectivity index (χ3n) is 6.63. The van der Waals surface area contributed by atoms with Crippen LogP contribution in [-0.4, -0.2) is 54.3 Å². The first-order valence-electron chi connectivity index (χ1n) is 13.3. The SMILES string of the molecule is CC(=O)C1CN(CC=C(C)CCC=C(C)CCC=C(C)CCC=C(C)C)CCN1CC=C(C)C. The van der Waals surface area contributed by atoms with Gasteiger partial charge in [0.25, 0.3) is 0 Å². The van der Waals surface area contributed by atoms with Gasteiger partial charge >= 0.3 is 0 Å². The standard InChI is InChI=1S/C31H52N2O/c1-25(2)12-9-13-27(5)14-10-15-28(6)16-11-17-29(7)19-20-32-22-23-33(21-18-26(3)4)31(24-32)30(8)34/h12,14,16,18-19,31H,9-11,13,15,17,20-24H2,1-8H3. The zero-order valence-corrected chi connectivity index (χ0v) is 23.5. The third kappa shape index (κ3) is 13.9. The van der Waals surface area contributed by atoms with Crippen molar-refractivity contribution in [3.05, 3.63) is 58.2 Å². The quantitative estimate of drug-likeness (QED) is 0.244. The predicted molar refractivity (Wildman–Crippen MR) is 150 cm³/mol. The van der Waals surface area contributed by atoms with Crippen molar-refractivity contribution in [2.24, 2.45) is 0 Å². The number of allylic oxidation sites excluding steroid dienone is 8. The first kappa shape index (κ1) is 30.3. The highest BCUT2D eigenvalue weighted by atomic mass is 16.1. The lowest BCUT2D eigenvalue weighted by atomic mass is 10.0. The van der Waals surface area contributed by atoms with Crippen LogP contribution in [0.2, 0.25) is 0 Å². The normalized spacial score (nSPS) is 18.7. The molecular formula is C31H52N2O. The van der Waals surface area contributed by atoms with Crippen LogP contribution in [0, 0.1) is 0 Å². The van der Waals surface area contributed by atoms with E-state index in [-0.39, 0.29) is 11.8 Å². The summed E-state index contributed by atoms with van der Waals surface area (Å²) < 4.78 is 0. The van der Waals surface area contributed by atoms with E-state index < -0.39 is 0 Å². The average Bonchev–Trinajstić information content (AvgIpc) is 2.76. The van der Waals surface area contributed by atoms with Gasteiger partial charge in [-0.25, -0.2) is 0 Å². The van der Waals surface area contributed by atoms with Gasteiger partial charge in [0, 0.05) is 32.7 Å². The molecule has 0 aromatic carbocycles. The lowest BCUT2D eigenvalue weighted by molar-refractivity contribution is -0.124.